The number of aromatic hydroxyl groups is 1. The van der Waals surface area contributed by atoms with Crippen molar-refractivity contribution in [3.63, 3.8) is 0 Å². The van der Waals surface area contributed by atoms with Crippen LogP contribution in [0.4, 0.5) is 5.69 Å². The average molecular weight is 571 g/mol. The van der Waals surface area contributed by atoms with Crippen LogP contribution in [0.1, 0.15) is 27.9 Å². The number of phenolic OH excluding ortho intramolecular Hbond substituents is 1. The molecule has 220 valence electrons. The Hall–Kier alpha value is -3.94. The van der Waals surface area contributed by atoms with Crippen LogP contribution >= 0.6 is 0 Å². The molecule has 1 saturated heterocycles. The molecule has 0 bridgehead atoms. The molecule has 1 aromatic rings. The van der Waals surface area contributed by atoms with Crippen molar-refractivity contribution < 1.29 is 44.3 Å². The summed E-state index contributed by atoms with van der Waals surface area (Å²) in [7, 11) is 6.57. The molecule has 2 unspecified atom stereocenters. The van der Waals surface area contributed by atoms with E-state index in [9.17, 15) is 39.6 Å². The zero-order chi connectivity index (χ0) is 30.1. The normalized spacial score (nSPS) is 28.0. The van der Waals surface area contributed by atoms with E-state index in [-0.39, 0.29) is 29.5 Å². The van der Waals surface area contributed by atoms with Gasteiger partial charge in [-0.05, 0) is 44.5 Å². The molecule has 2 fully saturated rings. The predicted octanol–water partition coefficient (Wildman–Crippen LogP) is -0.498. The number of likely N-dealkylation sites (N-methyl/N-ethyl adjacent to an activating group) is 1. The van der Waals surface area contributed by atoms with Crippen LogP contribution in [0.2, 0.25) is 0 Å². The predicted molar refractivity (Wildman–Crippen MR) is 145 cm³/mol. The van der Waals surface area contributed by atoms with Gasteiger partial charge in [0.1, 0.15) is 22.8 Å². The van der Waals surface area contributed by atoms with Crippen LogP contribution in [0.15, 0.2) is 23.0 Å². The van der Waals surface area contributed by atoms with Gasteiger partial charge in [0, 0.05) is 44.4 Å². The Morgan fingerprint density at radius 2 is 1.73 bits per heavy atom. The quantitative estimate of drug-likeness (QED) is 0.293. The zero-order valence-corrected chi connectivity index (χ0v) is 23.3. The van der Waals surface area contributed by atoms with Gasteiger partial charge in [-0.25, -0.2) is 0 Å². The lowest BCUT2D eigenvalue weighted by molar-refractivity contribution is -0.153. The van der Waals surface area contributed by atoms with E-state index in [1.54, 1.807) is 39.2 Å². The van der Waals surface area contributed by atoms with Crippen molar-refractivity contribution in [1.29, 1.82) is 0 Å². The number of aliphatic hydroxyl groups excluding tert-OH is 2. The van der Waals surface area contributed by atoms with E-state index in [4.69, 9.17) is 10.5 Å². The number of nitrogens with two attached hydrogens (primary N) is 1. The summed E-state index contributed by atoms with van der Waals surface area (Å²) < 4.78 is 5.32. The van der Waals surface area contributed by atoms with Gasteiger partial charge in [0.2, 0.25) is 5.78 Å². The van der Waals surface area contributed by atoms with Gasteiger partial charge >= 0.3 is 0 Å². The molecule has 4 aliphatic rings. The van der Waals surface area contributed by atoms with Gasteiger partial charge in [-0.15, -0.1) is 0 Å². The number of ketones is 2. The number of hydrogen-bond donors (Lipinski definition) is 5. The van der Waals surface area contributed by atoms with E-state index >= 15 is 0 Å². The molecule has 0 aromatic heterocycles. The molecule has 0 radical (unpaired) electrons. The fraction of sp³-hybridized carbons (Fsp3) is 0.500. The maximum absolute atomic E-state index is 14.1. The third-order valence-electron chi connectivity index (χ3n) is 8.71. The van der Waals surface area contributed by atoms with Crippen molar-refractivity contribution >= 4 is 34.8 Å². The number of nitrogens with zero attached hydrogens (tertiary/aromatic N) is 3. The molecule has 13 nitrogen and oxygen atoms in total. The molecule has 1 saturated carbocycles. The molecule has 1 heterocycles. The number of primary amides is 1. The van der Waals surface area contributed by atoms with Crippen LogP contribution in [-0.4, -0.2) is 120 Å². The van der Waals surface area contributed by atoms with Crippen molar-refractivity contribution in [2.75, 3.05) is 59.4 Å². The lowest BCUT2D eigenvalue weighted by Gasteiger charge is -2.50. The minimum atomic E-state index is -2.73. The molecule has 5 rings (SSSR count). The molecule has 6 N–H and O–H groups in total. The monoisotopic (exact) mass is 570 g/mol. The first-order chi connectivity index (χ1) is 19.2. The Labute approximate surface area is 236 Å². The van der Waals surface area contributed by atoms with Gasteiger partial charge in [0.05, 0.1) is 30.4 Å². The maximum atomic E-state index is 14.1. The largest absolute Gasteiger partial charge is 0.508 e. The number of carbonyl (C=O) groups is 4. The third kappa shape index (κ3) is 4.02. The Kier molecular flexibility index (Phi) is 6.87. The Morgan fingerprint density at radius 3 is 2.29 bits per heavy atom. The summed E-state index contributed by atoms with van der Waals surface area (Å²) in [6, 6.07) is 0.383. The number of hydrogen-bond acceptors (Lipinski definition) is 11. The standard InChI is InChI=1S/C28H34N4O9/c1-30(2)16-11-14(27(39)32-5-7-41-8-6-32)21(33)18-13(16)9-12-10-15-20(31(3)4)23(35)19(26(29)38)25(37)28(15,40)24(36)17(12)22(18)34/h11-12,15,20,33-34,37,40H,5-10H2,1-4H3,(H2,29,38)/t12?,15?,20-,28+/m1/s1. The highest BCUT2D eigenvalue weighted by Crippen LogP contribution is 2.54. The second kappa shape index (κ2) is 9.86. The first kappa shape index (κ1) is 28.6. The highest BCUT2D eigenvalue weighted by molar-refractivity contribution is 6.24. The maximum Gasteiger partial charge on any atom is 0.257 e. The van der Waals surface area contributed by atoms with Gasteiger partial charge < -0.3 is 40.7 Å². The number of benzene rings is 1. The van der Waals surface area contributed by atoms with Gasteiger partial charge in [-0.2, -0.15) is 0 Å². The van der Waals surface area contributed by atoms with Crippen LogP contribution in [0.3, 0.4) is 0 Å². The van der Waals surface area contributed by atoms with Crippen molar-refractivity contribution in [3.8, 4) is 5.75 Å². The summed E-state index contributed by atoms with van der Waals surface area (Å²) >= 11 is 0. The van der Waals surface area contributed by atoms with Crippen LogP contribution < -0.4 is 10.6 Å². The number of rotatable bonds is 4. The van der Waals surface area contributed by atoms with Gasteiger partial charge in [0.15, 0.2) is 11.4 Å². The number of anilines is 1. The van der Waals surface area contributed by atoms with E-state index in [1.165, 1.54) is 9.80 Å². The molecule has 1 aliphatic heterocycles. The molecule has 13 heteroatoms. The van der Waals surface area contributed by atoms with Gasteiger partial charge in [0.25, 0.3) is 11.8 Å². The number of morpholine rings is 1. The van der Waals surface area contributed by atoms with Crippen molar-refractivity contribution in [2.24, 2.45) is 17.6 Å². The second-order valence-electron chi connectivity index (χ2n) is 11.4. The van der Waals surface area contributed by atoms with Gasteiger partial charge in [-0.1, -0.05) is 0 Å². The fourth-order valence-electron chi connectivity index (χ4n) is 6.79. The SMILES string of the molecule is CN(C)c1cc(C(=O)N2CCOCC2)c(O)c2c1CC1CC3[C@@H](N(C)C)C(=O)C(C(N)=O)=C(O)[C@@]3(O)C(=O)C1=C2O. The van der Waals surface area contributed by atoms with Crippen LogP contribution in [0.5, 0.6) is 5.75 Å². The van der Waals surface area contributed by atoms with E-state index < -0.39 is 69.7 Å². The minimum Gasteiger partial charge on any atom is -0.508 e. The minimum absolute atomic E-state index is 0.0200. The number of phenols is 1. The van der Waals surface area contributed by atoms with Crippen molar-refractivity contribution in [1.82, 2.24) is 9.80 Å². The molecular formula is C28H34N4O9. The summed E-state index contributed by atoms with van der Waals surface area (Å²) in [5.74, 6) is -7.88. The van der Waals surface area contributed by atoms with Crippen LogP contribution in [0, 0.1) is 11.8 Å². The van der Waals surface area contributed by atoms with E-state index in [0.29, 0.717) is 37.6 Å². The Morgan fingerprint density at radius 1 is 1.10 bits per heavy atom. The molecule has 3 aliphatic carbocycles. The molecular weight excluding hydrogens is 536 g/mol. The molecule has 2 amide bonds. The summed E-state index contributed by atoms with van der Waals surface area (Å²) in [5.41, 5.74) is 2.32. The third-order valence-corrected chi connectivity index (χ3v) is 8.71. The number of amides is 2. The van der Waals surface area contributed by atoms with E-state index in [1.807, 2.05) is 0 Å². The molecule has 4 atom stereocenters. The highest BCUT2D eigenvalue weighted by atomic mass is 16.5. The number of fused-ring (bicyclic) bond motifs is 3. The number of aliphatic hydroxyl groups is 3. The molecule has 0 spiro atoms. The Balaban J connectivity index is 1.72. The average Bonchev–Trinajstić information content (AvgIpc) is 2.90. The lowest BCUT2D eigenvalue weighted by Crippen LogP contribution is -2.65. The summed E-state index contributed by atoms with van der Waals surface area (Å²) in [5, 5.41) is 45.7. The number of Topliss-reactive ketones (excluding diaryl/α,β-unsaturated/α-hetero) is 2. The van der Waals surface area contributed by atoms with E-state index in [0.717, 1.165) is 0 Å². The zero-order valence-electron chi connectivity index (χ0n) is 23.3. The highest BCUT2D eigenvalue weighted by Gasteiger charge is 2.64. The van der Waals surface area contributed by atoms with Crippen LogP contribution in [-0.2, 0) is 25.5 Å². The summed E-state index contributed by atoms with van der Waals surface area (Å²) in [4.78, 5) is 57.6. The van der Waals surface area contributed by atoms with Crippen molar-refractivity contribution in [3.05, 3.63) is 39.7 Å². The Bertz CT molecular complexity index is 1440. The first-order valence-electron chi connectivity index (χ1n) is 13.3. The summed E-state index contributed by atoms with van der Waals surface area (Å²) in [6.07, 6.45) is 0.107. The second-order valence-corrected chi connectivity index (χ2v) is 11.4. The topological polar surface area (TPSA) is 194 Å². The number of carbonyl (C=O) groups excluding carboxylic acids is 4. The van der Waals surface area contributed by atoms with Gasteiger partial charge in [-0.3, -0.25) is 24.1 Å². The van der Waals surface area contributed by atoms with Crippen LogP contribution in [0.25, 0.3) is 5.76 Å². The first-order valence-corrected chi connectivity index (χ1v) is 13.3. The van der Waals surface area contributed by atoms with E-state index in [2.05, 4.69) is 0 Å². The fourth-order valence-corrected chi connectivity index (χ4v) is 6.79. The number of ether oxygens (including phenoxy) is 1. The van der Waals surface area contributed by atoms with Crippen molar-refractivity contribution in [2.45, 2.75) is 24.5 Å². The molecule has 41 heavy (non-hydrogen) atoms. The smallest absolute Gasteiger partial charge is 0.257 e. The summed E-state index contributed by atoms with van der Waals surface area (Å²) in [6.45, 7) is 1.30. The molecule has 1 aromatic carbocycles. The lowest BCUT2D eigenvalue weighted by atomic mass is 9.57.